The van der Waals surface area contributed by atoms with E-state index in [-0.39, 0.29) is 11.2 Å². The monoisotopic (exact) mass is 314 g/mol. The third kappa shape index (κ3) is 6.33. The van der Waals surface area contributed by atoms with Crippen LogP contribution < -0.4 is 5.32 Å². The number of aryl methyl sites for hydroxylation is 1. The fourth-order valence-corrected chi connectivity index (χ4v) is 2.72. The number of benzene rings is 1. The van der Waals surface area contributed by atoms with Gasteiger partial charge >= 0.3 is 0 Å². The van der Waals surface area contributed by atoms with Crippen molar-refractivity contribution in [3.05, 3.63) is 34.1 Å². The second-order valence-electron chi connectivity index (χ2n) is 7.26. The maximum Gasteiger partial charge on any atom is 0.132 e. The molecule has 1 aromatic carbocycles. The molecule has 1 N–H and O–H groups in total. The van der Waals surface area contributed by atoms with E-state index in [0.717, 1.165) is 13.0 Å². The summed E-state index contributed by atoms with van der Waals surface area (Å²) in [4.78, 5) is 2.15. The van der Waals surface area contributed by atoms with Gasteiger partial charge in [0.05, 0.1) is 0 Å². The van der Waals surface area contributed by atoms with Crippen molar-refractivity contribution in [2.24, 2.45) is 5.41 Å². The van der Waals surface area contributed by atoms with Gasteiger partial charge in [-0.3, -0.25) is 0 Å². The Kier molecular flexibility index (Phi) is 6.64. The summed E-state index contributed by atoms with van der Waals surface area (Å²) in [5, 5.41) is 3.96. The molecule has 0 heterocycles. The van der Waals surface area contributed by atoms with Gasteiger partial charge < -0.3 is 10.2 Å². The van der Waals surface area contributed by atoms with Crippen molar-refractivity contribution < 1.29 is 4.39 Å². The lowest BCUT2D eigenvalue weighted by molar-refractivity contribution is 0.255. The summed E-state index contributed by atoms with van der Waals surface area (Å²) in [5.41, 5.74) is 1.42. The summed E-state index contributed by atoms with van der Waals surface area (Å²) in [7, 11) is 4.11. The zero-order valence-corrected chi connectivity index (χ0v) is 14.8. The lowest BCUT2D eigenvalue weighted by atomic mass is 9.88. The van der Waals surface area contributed by atoms with Crippen molar-refractivity contribution in [1.82, 2.24) is 10.2 Å². The van der Waals surface area contributed by atoms with Crippen molar-refractivity contribution in [1.29, 1.82) is 0 Å². The molecule has 0 amide bonds. The van der Waals surface area contributed by atoms with Gasteiger partial charge in [-0.15, -0.1) is 0 Å². The molecule has 0 saturated carbocycles. The number of nitrogens with one attached hydrogen (secondary N) is 1. The summed E-state index contributed by atoms with van der Waals surface area (Å²) < 4.78 is 14.2. The minimum absolute atomic E-state index is 0.200. The van der Waals surface area contributed by atoms with Gasteiger partial charge in [-0.25, -0.2) is 4.39 Å². The van der Waals surface area contributed by atoms with E-state index < -0.39 is 0 Å². The van der Waals surface area contributed by atoms with Gasteiger partial charge in [-0.05, 0) is 44.5 Å². The highest BCUT2D eigenvalue weighted by atomic mass is 35.5. The summed E-state index contributed by atoms with van der Waals surface area (Å²) >= 11 is 6.13. The van der Waals surface area contributed by atoms with Crippen LogP contribution in [0.2, 0.25) is 5.02 Å². The van der Waals surface area contributed by atoms with E-state index in [4.69, 9.17) is 11.6 Å². The van der Waals surface area contributed by atoms with Crippen LogP contribution in [-0.4, -0.2) is 31.6 Å². The van der Waals surface area contributed by atoms with Crippen LogP contribution in [-0.2, 0) is 6.54 Å². The molecular formula is C17H28ClFN2. The minimum Gasteiger partial charge on any atom is -0.308 e. The van der Waals surface area contributed by atoms with Gasteiger partial charge in [0.15, 0.2) is 0 Å². The molecule has 0 spiro atoms. The van der Waals surface area contributed by atoms with Crippen LogP contribution in [0.5, 0.6) is 0 Å². The molecule has 1 atom stereocenters. The number of hydrogen-bond acceptors (Lipinski definition) is 2. The highest BCUT2D eigenvalue weighted by molar-refractivity contribution is 6.31. The largest absolute Gasteiger partial charge is 0.308 e. The first-order chi connectivity index (χ1) is 9.60. The Bertz CT molecular complexity index is 467. The maximum absolute atomic E-state index is 14.2. The number of hydrogen-bond donors (Lipinski definition) is 1. The number of nitrogens with zero attached hydrogens (tertiary/aromatic N) is 1. The molecule has 21 heavy (non-hydrogen) atoms. The lowest BCUT2D eigenvalue weighted by Crippen LogP contribution is -2.40. The number of halogens is 2. The van der Waals surface area contributed by atoms with Crippen molar-refractivity contribution in [2.45, 2.75) is 46.7 Å². The predicted molar refractivity (Wildman–Crippen MR) is 89.4 cm³/mol. The Hall–Kier alpha value is -0.640. The summed E-state index contributed by atoms with van der Waals surface area (Å²) in [6.45, 7) is 9.80. The molecule has 1 rings (SSSR count). The molecular weight excluding hydrogens is 287 g/mol. The Labute approximate surface area is 133 Å². The van der Waals surface area contributed by atoms with E-state index >= 15 is 0 Å². The molecule has 4 heteroatoms. The first-order valence-electron chi connectivity index (χ1n) is 7.42. The average molecular weight is 315 g/mol. The Balaban J connectivity index is 2.79. The zero-order valence-electron chi connectivity index (χ0n) is 14.1. The molecule has 0 bridgehead atoms. The standard InChI is InChI=1S/C17H28ClFN2/c1-12-7-8-15(18)14(16(12)19)10-20-13(11-21(5)6)9-17(2,3)4/h7-8,13,20H,9-11H2,1-6H3/t13-/m0/s1. The summed E-state index contributed by atoms with van der Waals surface area (Å²) in [5.74, 6) is -0.200. The minimum atomic E-state index is -0.200. The molecule has 0 aliphatic carbocycles. The molecule has 0 aliphatic rings. The summed E-state index contributed by atoms with van der Waals surface area (Å²) in [6, 6.07) is 3.78. The smallest absolute Gasteiger partial charge is 0.132 e. The fraction of sp³-hybridized carbons (Fsp3) is 0.647. The normalized spacial score (nSPS) is 13.8. The van der Waals surface area contributed by atoms with Crippen molar-refractivity contribution in [3.63, 3.8) is 0 Å². The first-order valence-corrected chi connectivity index (χ1v) is 7.79. The molecule has 0 radical (unpaired) electrons. The topological polar surface area (TPSA) is 15.3 Å². The quantitative estimate of drug-likeness (QED) is 0.844. The Morgan fingerprint density at radius 2 is 1.90 bits per heavy atom. The van der Waals surface area contributed by atoms with E-state index in [1.54, 1.807) is 19.1 Å². The van der Waals surface area contributed by atoms with Crippen LogP contribution in [0.4, 0.5) is 4.39 Å². The summed E-state index contributed by atoms with van der Waals surface area (Å²) in [6.07, 6.45) is 1.02. The molecule has 0 fully saturated rings. The van der Waals surface area contributed by atoms with E-state index in [1.165, 1.54) is 0 Å². The highest BCUT2D eigenvalue weighted by Crippen LogP contribution is 2.24. The van der Waals surface area contributed by atoms with E-state index in [9.17, 15) is 4.39 Å². The molecule has 0 unspecified atom stereocenters. The Morgan fingerprint density at radius 3 is 2.43 bits per heavy atom. The number of rotatable bonds is 6. The van der Waals surface area contributed by atoms with E-state index in [1.807, 2.05) is 0 Å². The van der Waals surface area contributed by atoms with Crippen LogP contribution in [0.1, 0.15) is 38.3 Å². The van der Waals surface area contributed by atoms with Crippen LogP contribution in [0, 0.1) is 18.2 Å². The fourth-order valence-electron chi connectivity index (χ4n) is 2.50. The van der Waals surface area contributed by atoms with Gasteiger partial charge in [-0.1, -0.05) is 38.4 Å². The maximum atomic E-state index is 14.2. The number of likely N-dealkylation sites (N-methyl/N-ethyl adjacent to an activating group) is 1. The first kappa shape index (κ1) is 18.4. The SMILES string of the molecule is Cc1ccc(Cl)c(CN[C@H](CN(C)C)CC(C)(C)C)c1F. The van der Waals surface area contributed by atoms with Crippen LogP contribution in [0.15, 0.2) is 12.1 Å². The van der Waals surface area contributed by atoms with Crippen molar-refractivity contribution in [2.75, 3.05) is 20.6 Å². The van der Waals surface area contributed by atoms with Gasteiger partial charge in [-0.2, -0.15) is 0 Å². The third-order valence-electron chi connectivity index (χ3n) is 3.39. The van der Waals surface area contributed by atoms with E-state index in [2.05, 4.69) is 45.1 Å². The lowest BCUT2D eigenvalue weighted by Gasteiger charge is -2.29. The molecule has 0 saturated heterocycles. The second kappa shape index (κ2) is 7.57. The van der Waals surface area contributed by atoms with Gasteiger partial charge in [0.25, 0.3) is 0 Å². The molecule has 0 aliphatic heterocycles. The van der Waals surface area contributed by atoms with E-state index in [0.29, 0.717) is 28.7 Å². The van der Waals surface area contributed by atoms with Crippen LogP contribution >= 0.6 is 11.6 Å². The molecule has 1 aromatic rings. The van der Waals surface area contributed by atoms with Crippen molar-refractivity contribution >= 4 is 11.6 Å². The zero-order chi connectivity index (χ0) is 16.2. The molecule has 0 aromatic heterocycles. The highest BCUT2D eigenvalue weighted by Gasteiger charge is 2.20. The van der Waals surface area contributed by atoms with Gasteiger partial charge in [0, 0.05) is 29.7 Å². The third-order valence-corrected chi connectivity index (χ3v) is 3.75. The van der Waals surface area contributed by atoms with Gasteiger partial charge in [0.2, 0.25) is 0 Å². The second-order valence-corrected chi connectivity index (χ2v) is 7.67. The van der Waals surface area contributed by atoms with Gasteiger partial charge in [0.1, 0.15) is 5.82 Å². The van der Waals surface area contributed by atoms with Crippen LogP contribution in [0.3, 0.4) is 0 Å². The average Bonchev–Trinajstić information content (AvgIpc) is 2.31. The molecule has 120 valence electrons. The molecule has 2 nitrogen and oxygen atoms in total. The Morgan fingerprint density at radius 1 is 1.29 bits per heavy atom. The van der Waals surface area contributed by atoms with Crippen LogP contribution in [0.25, 0.3) is 0 Å². The predicted octanol–water partition coefficient (Wildman–Crippen LogP) is 4.24. The van der Waals surface area contributed by atoms with Crippen molar-refractivity contribution in [3.8, 4) is 0 Å².